The van der Waals surface area contributed by atoms with Crippen molar-refractivity contribution in [3.05, 3.63) is 11.9 Å². The molecule has 120 valence electrons. The number of rotatable bonds is 5. The first-order chi connectivity index (χ1) is 9.97. The Morgan fingerprint density at radius 3 is 2.81 bits per heavy atom. The Hall–Kier alpha value is -1.11. The van der Waals surface area contributed by atoms with Crippen molar-refractivity contribution in [1.82, 2.24) is 20.3 Å². The van der Waals surface area contributed by atoms with E-state index in [0.717, 1.165) is 25.1 Å². The van der Waals surface area contributed by atoms with E-state index >= 15 is 0 Å². The van der Waals surface area contributed by atoms with Gasteiger partial charge < -0.3 is 5.32 Å². The second-order valence-electron chi connectivity index (χ2n) is 5.81. The first-order valence-corrected chi connectivity index (χ1v) is 7.59. The van der Waals surface area contributed by atoms with Crippen molar-refractivity contribution in [1.29, 1.82) is 0 Å². The van der Waals surface area contributed by atoms with Crippen LogP contribution in [0.1, 0.15) is 50.8 Å². The standard InChI is InChI=1S/C14H23F3N4/c1-3-7-21-12(9-19-20-21)13(18-2)10-5-4-6-11(8-10)14(15,16)17/h9-11,13,18H,3-8H2,1-2H3. The Bertz CT molecular complexity index is 444. The van der Waals surface area contributed by atoms with Gasteiger partial charge in [-0.15, -0.1) is 5.10 Å². The van der Waals surface area contributed by atoms with Gasteiger partial charge in [-0.05, 0) is 38.6 Å². The van der Waals surface area contributed by atoms with Crippen LogP contribution in [0.25, 0.3) is 0 Å². The number of nitrogens with zero attached hydrogens (tertiary/aromatic N) is 3. The third-order valence-electron chi connectivity index (χ3n) is 4.36. The summed E-state index contributed by atoms with van der Waals surface area (Å²) in [7, 11) is 1.80. The number of aryl methyl sites for hydroxylation is 1. The molecule has 0 radical (unpaired) electrons. The minimum Gasteiger partial charge on any atom is -0.311 e. The fraction of sp³-hybridized carbons (Fsp3) is 0.857. The van der Waals surface area contributed by atoms with Crippen molar-refractivity contribution in [2.24, 2.45) is 11.8 Å². The average Bonchev–Trinajstić information content (AvgIpc) is 2.88. The van der Waals surface area contributed by atoms with E-state index in [2.05, 4.69) is 15.6 Å². The maximum Gasteiger partial charge on any atom is 0.391 e. The van der Waals surface area contributed by atoms with Crippen LogP contribution in [0.15, 0.2) is 6.20 Å². The number of alkyl halides is 3. The molecule has 1 aromatic rings. The lowest BCUT2D eigenvalue weighted by molar-refractivity contribution is -0.186. The van der Waals surface area contributed by atoms with E-state index in [-0.39, 0.29) is 24.8 Å². The van der Waals surface area contributed by atoms with Crippen molar-refractivity contribution in [2.45, 2.75) is 57.8 Å². The number of halogens is 3. The molecule has 4 nitrogen and oxygen atoms in total. The molecule has 1 aromatic heterocycles. The normalized spacial score (nSPS) is 25.0. The number of hydrogen-bond donors (Lipinski definition) is 1. The van der Waals surface area contributed by atoms with Gasteiger partial charge in [-0.2, -0.15) is 13.2 Å². The Kier molecular flexibility index (Phi) is 5.24. The Morgan fingerprint density at radius 2 is 2.19 bits per heavy atom. The lowest BCUT2D eigenvalue weighted by Crippen LogP contribution is -2.35. The van der Waals surface area contributed by atoms with Gasteiger partial charge in [0.1, 0.15) is 0 Å². The van der Waals surface area contributed by atoms with E-state index in [9.17, 15) is 13.2 Å². The third kappa shape index (κ3) is 3.75. The van der Waals surface area contributed by atoms with Crippen LogP contribution >= 0.6 is 0 Å². The monoisotopic (exact) mass is 304 g/mol. The zero-order valence-corrected chi connectivity index (χ0v) is 12.5. The van der Waals surface area contributed by atoms with Gasteiger partial charge in [0, 0.05) is 6.54 Å². The van der Waals surface area contributed by atoms with Crippen molar-refractivity contribution < 1.29 is 13.2 Å². The van der Waals surface area contributed by atoms with Crippen LogP contribution < -0.4 is 5.32 Å². The largest absolute Gasteiger partial charge is 0.391 e. The first-order valence-electron chi connectivity index (χ1n) is 7.59. The molecule has 0 aliphatic heterocycles. The summed E-state index contributed by atoms with van der Waals surface area (Å²) < 4.78 is 40.7. The van der Waals surface area contributed by atoms with Gasteiger partial charge in [0.2, 0.25) is 0 Å². The molecule has 1 saturated carbocycles. The van der Waals surface area contributed by atoms with Gasteiger partial charge in [-0.25, -0.2) is 4.68 Å². The molecular weight excluding hydrogens is 281 g/mol. The highest BCUT2D eigenvalue weighted by Crippen LogP contribution is 2.43. The van der Waals surface area contributed by atoms with Crippen LogP contribution in [0.3, 0.4) is 0 Å². The van der Waals surface area contributed by atoms with Crippen molar-refractivity contribution in [3.8, 4) is 0 Å². The zero-order chi connectivity index (χ0) is 15.5. The van der Waals surface area contributed by atoms with Gasteiger partial charge in [-0.3, -0.25) is 0 Å². The minimum atomic E-state index is -4.08. The molecule has 3 unspecified atom stereocenters. The molecule has 7 heteroatoms. The molecule has 3 atom stereocenters. The highest BCUT2D eigenvalue weighted by atomic mass is 19.4. The average molecular weight is 304 g/mol. The molecule has 0 spiro atoms. The summed E-state index contributed by atoms with van der Waals surface area (Å²) in [5.41, 5.74) is 0.896. The zero-order valence-electron chi connectivity index (χ0n) is 12.5. The predicted octanol–water partition coefficient (Wildman–Crippen LogP) is 3.32. The highest BCUT2D eigenvalue weighted by molar-refractivity contribution is 5.05. The van der Waals surface area contributed by atoms with Crippen LogP contribution in [0.4, 0.5) is 13.2 Å². The van der Waals surface area contributed by atoms with Gasteiger partial charge >= 0.3 is 6.18 Å². The molecule has 1 aliphatic carbocycles. The Morgan fingerprint density at radius 1 is 1.43 bits per heavy atom. The molecule has 1 heterocycles. The molecular formula is C14H23F3N4. The van der Waals surface area contributed by atoms with Crippen molar-refractivity contribution in [3.63, 3.8) is 0 Å². The van der Waals surface area contributed by atoms with Gasteiger partial charge in [0.25, 0.3) is 0 Å². The molecule has 1 aliphatic rings. The van der Waals surface area contributed by atoms with E-state index < -0.39 is 12.1 Å². The molecule has 2 rings (SSSR count). The van der Waals surface area contributed by atoms with Gasteiger partial charge in [-0.1, -0.05) is 18.6 Å². The fourth-order valence-electron chi connectivity index (χ4n) is 3.34. The van der Waals surface area contributed by atoms with E-state index in [4.69, 9.17) is 0 Å². The SMILES string of the molecule is CCCn1nncc1C(NC)C1CCCC(C(F)(F)F)C1. The number of nitrogens with one attached hydrogen (secondary N) is 1. The summed E-state index contributed by atoms with van der Waals surface area (Å²) in [5.74, 6) is -1.20. The Labute approximate surface area is 123 Å². The summed E-state index contributed by atoms with van der Waals surface area (Å²) in [6.07, 6.45) is 0.391. The number of aromatic nitrogens is 3. The highest BCUT2D eigenvalue weighted by Gasteiger charge is 2.44. The minimum absolute atomic E-state index is 0.0236. The quantitative estimate of drug-likeness (QED) is 0.907. The number of hydrogen-bond acceptors (Lipinski definition) is 3. The van der Waals surface area contributed by atoms with E-state index in [0.29, 0.717) is 6.42 Å². The van der Waals surface area contributed by atoms with Crippen LogP contribution in [0, 0.1) is 11.8 Å². The maximum absolute atomic E-state index is 13.0. The second kappa shape index (κ2) is 6.77. The van der Waals surface area contributed by atoms with E-state index in [1.165, 1.54) is 0 Å². The fourth-order valence-corrected chi connectivity index (χ4v) is 3.34. The molecule has 1 fully saturated rings. The molecule has 0 saturated heterocycles. The molecule has 0 aromatic carbocycles. The van der Waals surface area contributed by atoms with E-state index in [1.54, 1.807) is 17.9 Å². The van der Waals surface area contributed by atoms with Gasteiger partial charge in [0.15, 0.2) is 0 Å². The smallest absolute Gasteiger partial charge is 0.311 e. The molecule has 21 heavy (non-hydrogen) atoms. The predicted molar refractivity (Wildman–Crippen MR) is 73.6 cm³/mol. The molecule has 1 N–H and O–H groups in total. The summed E-state index contributed by atoms with van der Waals surface area (Å²) >= 11 is 0. The topological polar surface area (TPSA) is 42.7 Å². The summed E-state index contributed by atoms with van der Waals surface area (Å²) in [5, 5.41) is 11.1. The van der Waals surface area contributed by atoms with Crippen LogP contribution in [-0.4, -0.2) is 28.2 Å². The van der Waals surface area contributed by atoms with Crippen molar-refractivity contribution >= 4 is 0 Å². The molecule has 0 bridgehead atoms. The maximum atomic E-state index is 13.0. The third-order valence-corrected chi connectivity index (χ3v) is 4.36. The van der Waals surface area contributed by atoms with Crippen molar-refractivity contribution in [2.75, 3.05) is 7.05 Å². The Balaban J connectivity index is 2.15. The van der Waals surface area contributed by atoms with Crippen LogP contribution in [0.2, 0.25) is 0 Å². The summed E-state index contributed by atoms with van der Waals surface area (Å²) in [6.45, 7) is 2.78. The summed E-state index contributed by atoms with van der Waals surface area (Å²) in [4.78, 5) is 0. The van der Waals surface area contributed by atoms with E-state index in [1.807, 2.05) is 6.92 Å². The van der Waals surface area contributed by atoms with Crippen LogP contribution in [-0.2, 0) is 6.54 Å². The summed E-state index contributed by atoms with van der Waals surface area (Å²) in [6, 6.07) is -0.114. The van der Waals surface area contributed by atoms with Crippen LogP contribution in [0.5, 0.6) is 0 Å². The first kappa shape index (κ1) is 16.3. The second-order valence-corrected chi connectivity index (χ2v) is 5.81. The molecule has 0 amide bonds. The lowest BCUT2D eigenvalue weighted by atomic mass is 9.76. The van der Waals surface area contributed by atoms with Gasteiger partial charge in [0.05, 0.1) is 23.9 Å². The lowest BCUT2D eigenvalue weighted by Gasteiger charge is -2.35.